The molecular weight excluding hydrogens is 624 g/mol. The molecule has 0 radical (unpaired) electrons. The van der Waals surface area contributed by atoms with E-state index in [4.69, 9.17) is 0 Å². The van der Waals surface area contributed by atoms with E-state index >= 15 is 0 Å². The number of nitrogens with one attached hydrogen (secondary N) is 6. The fraction of sp³-hybridized carbons (Fsp3) is 0.676. The van der Waals surface area contributed by atoms with Crippen molar-refractivity contribution in [3.63, 3.8) is 0 Å². The van der Waals surface area contributed by atoms with Gasteiger partial charge in [-0.3, -0.25) is 28.8 Å². The van der Waals surface area contributed by atoms with Crippen molar-refractivity contribution in [2.75, 3.05) is 0 Å². The minimum atomic E-state index is -1.08. The normalized spacial score (nSPS) is 25.4. The van der Waals surface area contributed by atoms with Crippen LogP contribution >= 0.6 is 0 Å². The van der Waals surface area contributed by atoms with Crippen LogP contribution in [-0.4, -0.2) is 71.7 Å². The number of benzene rings is 1. The fourth-order valence-corrected chi connectivity index (χ4v) is 5.81. The van der Waals surface area contributed by atoms with Gasteiger partial charge in [-0.1, -0.05) is 99.6 Å². The van der Waals surface area contributed by atoms with Gasteiger partial charge in [0.1, 0.15) is 36.3 Å². The second kappa shape index (κ2) is 19.3. The molecule has 1 aliphatic heterocycles. The van der Waals surface area contributed by atoms with Crippen LogP contribution in [0, 0.1) is 29.6 Å². The van der Waals surface area contributed by atoms with Gasteiger partial charge in [-0.25, -0.2) is 0 Å². The average Bonchev–Trinajstić information content (AvgIpc) is 2.99. The molecule has 1 heterocycles. The Balaban J connectivity index is 2.66. The lowest BCUT2D eigenvalue weighted by Crippen LogP contribution is -2.63. The van der Waals surface area contributed by atoms with Crippen molar-refractivity contribution < 1.29 is 28.8 Å². The molecule has 274 valence electrons. The van der Waals surface area contributed by atoms with Gasteiger partial charge in [-0.05, 0) is 54.4 Å². The van der Waals surface area contributed by atoms with E-state index in [2.05, 4.69) is 31.9 Å². The van der Waals surface area contributed by atoms with Gasteiger partial charge in [0.2, 0.25) is 35.4 Å². The molecule has 12 heteroatoms. The van der Waals surface area contributed by atoms with Crippen LogP contribution in [0.1, 0.15) is 94.1 Å². The molecule has 6 N–H and O–H groups in total. The van der Waals surface area contributed by atoms with Crippen LogP contribution in [0.15, 0.2) is 30.3 Å². The quantitative estimate of drug-likeness (QED) is 0.221. The summed E-state index contributed by atoms with van der Waals surface area (Å²) < 4.78 is 0. The Hall–Kier alpha value is -3.96. The van der Waals surface area contributed by atoms with Crippen molar-refractivity contribution in [1.29, 1.82) is 0 Å². The lowest BCUT2D eigenvalue weighted by Gasteiger charge is -2.31. The first-order valence-corrected chi connectivity index (χ1v) is 17.8. The van der Waals surface area contributed by atoms with Crippen LogP contribution in [0.5, 0.6) is 0 Å². The van der Waals surface area contributed by atoms with Crippen molar-refractivity contribution in [2.24, 2.45) is 29.6 Å². The molecular formula is C37H60N6O6. The summed E-state index contributed by atoms with van der Waals surface area (Å²) >= 11 is 0. The number of carbonyl (C=O) groups excluding carboxylic acids is 6. The number of amides is 6. The lowest BCUT2D eigenvalue weighted by molar-refractivity contribution is -0.137. The molecule has 6 amide bonds. The Labute approximate surface area is 292 Å². The summed E-state index contributed by atoms with van der Waals surface area (Å²) in [6, 6.07) is 3.05. The van der Waals surface area contributed by atoms with Crippen molar-refractivity contribution in [3.05, 3.63) is 35.9 Å². The van der Waals surface area contributed by atoms with Gasteiger partial charge in [0.15, 0.2) is 0 Å². The summed E-state index contributed by atoms with van der Waals surface area (Å²) in [4.78, 5) is 82.9. The lowest BCUT2D eigenvalue weighted by atomic mass is 9.96. The monoisotopic (exact) mass is 684 g/mol. The van der Waals surface area contributed by atoms with Crippen molar-refractivity contribution in [2.45, 2.75) is 131 Å². The van der Waals surface area contributed by atoms with Crippen LogP contribution in [-0.2, 0) is 35.2 Å². The van der Waals surface area contributed by atoms with E-state index in [-0.39, 0.29) is 48.9 Å². The smallest absolute Gasteiger partial charge is 0.243 e. The van der Waals surface area contributed by atoms with Gasteiger partial charge in [0.25, 0.3) is 0 Å². The molecule has 1 saturated heterocycles. The zero-order chi connectivity index (χ0) is 37.0. The largest absolute Gasteiger partial charge is 0.343 e. The molecule has 6 atom stereocenters. The minimum absolute atomic E-state index is 0.0110. The van der Waals surface area contributed by atoms with Crippen LogP contribution in [0.3, 0.4) is 0 Å². The summed E-state index contributed by atoms with van der Waals surface area (Å²) in [5, 5.41) is 17.0. The van der Waals surface area contributed by atoms with Gasteiger partial charge in [0.05, 0.1) is 0 Å². The van der Waals surface area contributed by atoms with Crippen molar-refractivity contribution in [3.8, 4) is 0 Å². The van der Waals surface area contributed by atoms with Gasteiger partial charge in [0, 0.05) is 6.42 Å². The van der Waals surface area contributed by atoms with Crippen LogP contribution < -0.4 is 31.9 Å². The molecule has 1 aliphatic rings. The van der Waals surface area contributed by atoms with Crippen LogP contribution in [0.25, 0.3) is 0 Å². The maximum atomic E-state index is 13.9. The number of rotatable bonds is 10. The third-order valence-electron chi connectivity index (χ3n) is 8.43. The highest BCUT2D eigenvalue weighted by molar-refractivity contribution is 5.98. The standard InChI is InChI=1S/C37H60N6O6/c1-20(2)16-26-32(44)39-28(18-22(5)6)34(46)42-31(24(9)10)37(49)41-29(19-25-14-12-11-13-15-25)35(47)43-30(23(7)8)36(48)40-27(17-21(3)4)33(45)38-26/h11-15,20-24,26-31H,16-19H2,1-10H3,(H,38,45)(H,39,44)(H,40,48)(H,41,49)(H,42,46)(H,43,47)/t26-,27+,28+,29-,30+,31-/m1/s1. The topological polar surface area (TPSA) is 175 Å². The second-order valence-electron chi connectivity index (χ2n) is 15.3. The molecule has 0 saturated carbocycles. The highest BCUT2D eigenvalue weighted by atomic mass is 16.2. The Morgan fingerprint density at radius 3 is 1.08 bits per heavy atom. The molecule has 0 spiro atoms. The molecule has 0 bridgehead atoms. The Kier molecular flexibility index (Phi) is 16.2. The summed E-state index contributed by atoms with van der Waals surface area (Å²) in [7, 11) is 0. The predicted molar refractivity (Wildman–Crippen MR) is 190 cm³/mol. The van der Waals surface area contributed by atoms with Crippen LogP contribution in [0.4, 0.5) is 0 Å². The summed E-state index contributed by atoms with van der Waals surface area (Å²) in [6.45, 7) is 18.6. The van der Waals surface area contributed by atoms with Gasteiger partial charge >= 0.3 is 0 Å². The summed E-state index contributed by atoms with van der Waals surface area (Å²) in [5.41, 5.74) is 0.783. The molecule has 2 rings (SSSR count). The minimum Gasteiger partial charge on any atom is -0.343 e. The Morgan fingerprint density at radius 1 is 0.429 bits per heavy atom. The fourth-order valence-electron chi connectivity index (χ4n) is 5.81. The van der Waals surface area contributed by atoms with Gasteiger partial charge in [-0.15, -0.1) is 0 Å². The Bertz CT molecular complexity index is 1270. The van der Waals surface area contributed by atoms with Crippen LogP contribution in [0.2, 0.25) is 0 Å². The first-order chi connectivity index (χ1) is 22.9. The highest BCUT2D eigenvalue weighted by Gasteiger charge is 2.36. The van der Waals surface area contributed by atoms with E-state index in [1.54, 1.807) is 27.7 Å². The maximum absolute atomic E-state index is 13.9. The van der Waals surface area contributed by atoms with Gasteiger partial charge < -0.3 is 31.9 Å². The highest BCUT2D eigenvalue weighted by Crippen LogP contribution is 2.14. The zero-order valence-electron chi connectivity index (χ0n) is 31.0. The number of hydrogen-bond donors (Lipinski definition) is 6. The van der Waals surface area contributed by atoms with E-state index in [0.29, 0.717) is 6.42 Å². The number of carbonyl (C=O) groups is 6. The van der Waals surface area contributed by atoms with Crippen molar-refractivity contribution in [1.82, 2.24) is 31.9 Å². The third-order valence-corrected chi connectivity index (χ3v) is 8.43. The Morgan fingerprint density at radius 2 is 0.735 bits per heavy atom. The average molecular weight is 685 g/mol. The molecule has 0 aliphatic carbocycles. The van der Waals surface area contributed by atoms with E-state index < -0.39 is 71.7 Å². The van der Waals surface area contributed by atoms with E-state index in [0.717, 1.165) is 5.56 Å². The van der Waals surface area contributed by atoms with E-state index in [1.165, 1.54) is 0 Å². The first kappa shape index (κ1) is 41.2. The molecule has 0 aromatic heterocycles. The molecule has 1 fully saturated rings. The van der Waals surface area contributed by atoms with Gasteiger partial charge in [-0.2, -0.15) is 0 Å². The summed E-state index contributed by atoms with van der Waals surface area (Å²) in [6.07, 6.45) is 0.994. The second-order valence-corrected chi connectivity index (χ2v) is 15.3. The third kappa shape index (κ3) is 13.5. The molecule has 1 aromatic rings. The molecule has 1 aromatic carbocycles. The van der Waals surface area contributed by atoms with Crippen molar-refractivity contribution >= 4 is 35.4 Å². The molecule has 0 unspecified atom stereocenters. The van der Waals surface area contributed by atoms with E-state index in [1.807, 2.05) is 71.9 Å². The number of hydrogen-bond acceptors (Lipinski definition) is 6. The first-order valence-electron chi connectivity index (χ1n) is 17.8. The maximum Gasteiger partial charge on any atom is 0.243 e. The predicted octanol–water partition coefficient (Wildman–Crippen LogP) is 2.60. The molecule has 12 nitrogen and oxygen atoms in total. The zero-order valence-corrected chi connectivity index (χ0v) is 31.0. The SMILES string of the molecule is CC(C)C[C@@H]1NC(=O)[C@H](C(C)C)NC(=O)[C@@H](Cc2ccccc2)NC(=O)[C@@H](C(C)C)NC(=O)[C@H](CC(C)C)NC(=O)[C@@H](CC(C)C)NC1=O. The van der Waals surface area contributed by atoms with E-state index in [9.17, 15) is 28.8 Å². The summed E-state index contributed by atoms with van der Waals surface area (Å²) in [5.74, 6) is -4.00. The molecule has 49 heavy (non-hydrogen) atoms.